The van der Waals surface area contributed by atoms with Crippen molar-refractivity contribution >= 4 is 29.3 Å². The molecule has 6 rings (SSSR count). The lowest BCUT2D eigenvalue weighted by Gasteiger charge is -2.15. The molecule has 0 saturated heterocycles. The summed E-state index contributed by atoms with van der Waals surface area (Å²) in [6, 6.07) is 21.4. The van der Waals surface area contributed by atoms with Gasteiger partial charge in [0, 0.05) is 0 Å². The molecule has 0 unspecified atom stereocenters. The van der Waals surface area contributed by atoms with Crippen LogP contribution in [-0.2, 0) is 0 Å². The Morgan fingerprint density at radius 2 is 0.438 bits per heavy atom. The van der Waals surface area contributed by atoms with Crippen LogP contribution in [0.5, 0.6) is 23.0 Å². The van der Waals surface area contributed by atoms with Crippen molar-refractivity contribution in [3.8, 4) is 23.0 Å². The first-order chi connectivity index (χ1) is 33.9. The van der Waals surface area contributed by atoms with Crippen LogP contribution < -0.4 is 44.8 Å². The number of hydrogen-bond acceptors (Lipinski definition) is 12. The summed E-state index contributed by atoms with van der Waals surface area (Å²) in [4.78, 5) is 0. The third kappa shape index (κ3) is 16.9. The first kappa shape index (κ1) is 62.9. The zero-order chi connectivity index (χ0) is 55.9. The van der Waals surface area contributed by atoms with Crippen molar-refractivity contribution in [3.63, 3.8) is 0 Å². The van der Waals surface area contributed by atoms with Crippen molar-refractivity contribution < 1.29 is 168 Å². The number of benzene rings is 6. The molecule has 0 saturated carbocycles. The topological polar surface area (TPSA) is 202 Å². The second-order valence-corrected chi connectivity index (χ2v) is 15.1. The Labute approximate surface area is 403 Å². The number of halogens is 21. The highest BCUT2D eigenvalue weighted by Crippen LogP contribution is 2.32. The minimum absolute atomic E-state index is 0.0287. The van der Waals surface area contributed by atoms with Gasteiger partial charge in [-0.1, -0.05) is 36.4 Å². The van der Waals surface area contributed by atoms with Gasteiger partial charge < -0.3 is 58.8 Å². The summed E-state index contributed by atoms with van der Waals surface area (Å²) in [5.41, 5.74) is 0. The zero-order valence-electron chi connectivity index (χ0n) is 34.2. The van der Waals surface area contributed by atoms with E-state index in [1.165, 1.54) is 7.14 Å². The van der Waals surface area contributed by atoms with Crippen LogP contribution in [0.4, 0.5) is 87.8 Å². The number of hydrogen-bond donors (Lipinski definition) is 7. The average Bonchev–Trinajstić information content (AvgIpc) is 3.35. The second kappa shape index (κ2) is 28.3. The highest BCUT2D eigenvalue weighted by Gasteiger charge is 2.32. The smallest absolute Gasteiger partial charge is 0.707 e. The van der Waals surface area contributed by atoms with Crippen LogP contribution in [0.1, 0.15) is 0 Å². The summed E-state index contributed by atoms with van der Waals surface area (Å²) in [6.45, 7) is 0. The van der Waals surface area contributed by atoms with Crippen LogP contribution in [0.25, 0.3) is 0 Å². The highest BCUT2D eigenvalue weighted by atomic mass is 127. The molecule has 0 aromatic heterocycles. The molecular weight excluding hydrogens is 1170 g/mol. The van der Waals surface area contributed by atoms with Gasteiger partial charge in [0.1, 0.15) is 0 Å². The SMILES string of the molecule is OB(O)Oc1c(F)c(F)c(F)c(F)c1F.OB(O)Oc1c(F)c(F)c(F)c(F)c1F.OB(O)Oc1c(F)c(F)c(F)c(F)c1F.[O-]B(O)Oc1c(F)c(F)c(F)c(F)c1F.c1ccc([I+]c2ccccc2)cc1. The van der Waals surface area contributed by atoms with E-state index in [1.807, 2.05) is 0 Å². The summed E-state index contributed by atoms with van der Waals surface area (Å²) in [7, 11) is -11.0. The van der Waals surface area contributed by atoms with E-state index in [1.54, 1.807) is 0 Å². The molecule has 0 heterocycles. The summed E-state index contributed by atoms with van der Waals surface area (Å²) >= 11 is 0.0287. The standard InChI is InChI=1S/C12H10I.3C6H2BF5O3.C6HBF5O3/c1-3-7-11(8-4-1)13-12-9-5-2-6-10-12;4*8-1-2(9)4(11)6(15-7(13)14)5(12)3(1)10/h1-10H;3*13-14H;13H/q+1;;;;-1. The number of rotatable bonds is 10. The van der Waals surface area contributed by atoms with Crippen LogP contribution in [0.15, 0.2) is 60.7 Å². The monoisotopic (exact) mass is 1190 g/mol. The van der Waals surface area contributed by atoms with Gasteiger partial charge in [-0.15, -0.1) is 0 Å². The molecular formula is C36H17B4F20IO12. The second-order valence-electron chi connectivity index (χ2n) is 12.0. The summed E-state index contributed by atoms with van der Waals surface area (Å²) in [5, 5.41) is 67.0. The zero-order valence-corrected chi connectivity index (χ0v) is 36.3. The molecule has 7 N–H and O–H groups in total. The first-order valence-electron chi connectivity index (χ1n) is 17.8. The maximum absolute atomic E-state index is 12.7. The Kier molecular flexibility index (Phi) is 24.4. The lowest BCUT2D eigenvalue weighted by Crippen LogP contribution is -3.61. The Balaban J connectivity index is 0.000000313. The van der Waals surface area contributed by atoms with E-state index < -0.39 is 169 Å². The molecule has 37 heteroatoms. The lowest BCUT2D eigenvalue weighted by molar-refractivity contribution is -0.597. The molecule has 0 spiro atoms. The van der Waals surface area contributed by atoms with Gasteiger partial charge in [0.2, 0.25) is 116 Å². The lowest BCUT2D eigenvalue weighted by atomic mass is 10.2. The molecule has 12 nitrogen and oxygen atoms in total. The molecule has 0 aliphatic rings. The molecule has 6 aromatic carbocycles. The molecule has 392 valence electrons. The van der Waals surface area contributed by atoms with Crippen LogP contribution in [0, 0.1) is 123 Å². The van der Waals surface area contributed by atoms with Gasteiger partial charge in [-0.05, 0) is 24.3 Å². The minimum Gasteiger partial charge on any atom is -0.820 e. The van der Waals surface area contributed by atoms with Gasteiger partial charge in [0.15, 0.2) is 30.1 Å². The van der Waals surface area contributed by atoms with E-state index in [0.29, 0.717) is 0 Å². The van der Waals surface area contributed by atoms with Gasteiger partial charge >= 0.3 is 50.5 Å². The molecule has 0 radical (unpaired) electrons. The Morgan fingerprint density at radius 1 is 0.274 bits per heavy atom. The molecule has 0 aliphatic heterocycles. The van der Waals surface area contributed by atoms with Crippen molar-refractivity contribution in [2.24, 2.45) is 0 Å². The van der Waals surface area contributed by atoms with Gasteiger partial charge in [-0.3, -0.25) is 0 Å². The van der Waals surface area contributed by atoms with E-state index in [4.69, 9.17) is 35.2 Å². The van der Waals surface area contributed by atoms with Gasteiger partial charge in [0.25, 0.3) is 0 Å². The molecule has 6 aromatic rings. The third-order valence-electron chi connectivity index (χ3n) is 7.25. The summed E-state index contributed by atoms with van der Waals surface area (Å²) in [5.74, 6) is -52.7. The van der Waals surface area contributed by atoms with Crippen molar-refractivity contribution in [1.82, 2.24) is 0 Å². The van der Waals surface area contributed by atoms with E-state index in [0.717, 1.165) is 0 Å². The van der Waals surface area contributed by atoms with Gasteiger partial charge in [-0.25, -0.2) is 52.7 Å². The molecule has 0 bridgehead atoms. The van der Waals surface area contributed by atoms with Crippen molar-refractivity contribution in [1.29, 1.82) is 0 Å². The summed E-state index contributed by atoms with van der Waals surface area (Å²) in [6.07, 6.45) is 0. The van der Waals surface area contributed by atoms with Crippen molar-refractivity contribution in [2.45, 2.75) is 0 Å². The molecule has 73 heavy (non-hydrogen) atoms. The van der Waals surface area contributed by atoms with Gasteiger partial charge in [-0.2, -0.15) is 35.1 Å². The highest BCUT2D eigenvalue weighted by molar-refractivity contribution is 6.34. The van der Waals surface area contributed by atoms with Gasteiger partial charge in [0.05, 0.1) is 0 Å². The molecule has 0 atom stereocenters. The Hall–Kier alpha value is -6.21. The maximum atomic E-state index is 12.7. The van der Waals surface area contributed by atoms with Crippen molar-refractivity contribution in [2.75, 3.05) is 0 Å². The van der Waals surface area contributed by atoms with E-state index in [-0.39, 0.29) is 21.2 Å². The molecule has 0 fully saturated rings. The van der Waals surface area contributed by atoms with Crippen LogP contribution in [0.2, 0.25) is 0 Å². The molecule has 0 amide bonds. The van der Waals surface area contributed by atoms with Crippen LogP contribution >= 0.6 is 0 Å². The largest absolute Gasteiger partial charge is 0.820 e. The Morgan fingerprint density at radius 3 is 0.603 bits per heavy atom. The molecule has 0 aliphatic carbocycles. The Bertz CT molecular complexity index is 2380. The van der Waals surface area contributed by atoms with Crippen molar-refractivity contribution in [3.05, 3.63) is 184 Å². The maximum Gasteiger partial charge on any atom is 0.707 e. The normalized spacial score (nSPS) is 10.2. The fourth-order valence-corrected chi connectivity index (χ4v) is 6.52. The van der Waals surface area contributed by atoms with Crippen LogP contribution in [-0.4, -0.2) is 64.5 Å². The minimum atomic E-state index is -2.95. The fraction of sp³-hybridized carbons (Fsp3) is 0. The predicted octanol–water partition coefficient (Wildman–Crippen LogP) is 2.10. The predicted molar refractivity (Wildman–Crippen MR) is 196 cm³/mol. The van der Waals surface area contributed by atoms with E-state index in [2.05, 4.69) is 79.3 Å². The average molecular weight is 1190 g/mol. The summed E-state index contributed by atoms with van der Waals surface area (Å²) < 4.78 is 268. The van der Waals surface area contributed by atoms with E-state index in [9.17, 15) is 92.8 Å². The fourth-order valence-electron chi connectivity index (χ4n) is 4.25. The first-order valence-corrected chi connectivity index (χ1v) is 19.9. The van der Waals surface area contributed by atoms with Crippen LogP contribution in [0.3, 0.4) is 0 Å². The third-order valence-corrected chi connectivity index (χ3v) is 9.93. The quantitative estimate of drug-likeness (QED) is 0.0347. The van der Waals surface area contributed by atoms with E-state index >= 15 is 0 Å².